The van der Waals surface area contributed by atoms with Crippen molar-refractivity contribution < 1.29 is 0 Å². The first-order chi connectivity index (χ1) is 5.58. The molecule has 1 rings (SSSR count). The molecule has 1 aromatic carbocycles. The standard InChI is InChI=1S/C11H18P/c1-12(2,3)10-9-11-7-5-4-6-8-11/h4-8H,9-10H2,1-3H3/q+1. The van der Waals surface area contributed by atoms with Crippen LogP contribution in [0.15, 0.2) is 30.3 Å². The summed E-state index contributed by atoms with van der Waals surface area (Å²) in [5.74, 6) is 0. The van der Waals surface area contributed by atoms with Crippen molar-refractivity contribution in [3.8, 4) is 0 Å². The van der Waals surface area contributed by atoms with E-state index in [0.717, 1.165) is 0 Å². The first-order valence-electron chi connectivity index (χ1n) is 4.42. The van der Waals surface area contributed by atoms with Crippen molar-refractivity contribution in [2.75, 3.05) is 26.2 Å². The molecule has 0 heterocycles. The van der Waals surface area contributed by atoms with E-state index in [9.17, 15) is 0 Å². The number of hydrogen-bond donors (Lipinski definition) is 0. The smallest absolute Gasteiger partial charge is 0.0622 e. The Morgan fingerprint density at radius 1 is 1.00 bits per heavy atom. The Balaban J connectivity index is 2.44. The fourth-order valence-electron chi connectivity index (χ4n) is 1.11. The van der Waals surface area contributed by atoms with Crippen molar-refractivity contribution in [3.05, 3.63) is 35.9 Å². The highest BCUT2D eigenvalue weighted by Crippen LogP contribution is 2.46. The SMILES string of the molecule is C[P+](C)(C)CCc1ccccc1. The minimum absolute atomic E-state index is 0.581. The summed E-state index contributed by atoms with van der Waals surface area (Å²) in [6.45, 7) is 7.20. The van der Waals surface area contributed by atoms with E-state index in [4.69, 9.17) is 0 Å². The number of hydrogen-bond acceptors (Lipinski definition) is 0. The molecule has 0 nitrogen and oxygen atoms in total. The molecule has 0 fully saturated rings. The zero-order valence-corrected chi connectivity index (χ0v) is 9.14. The Labute approximate surface area is 76.3 Å². The van der Waals surface area contributed by atoms with Gasteiger partial charge in [-0.3, -0.25) is 0 Å². The Hall–Kier alpha value is -0.350. The van der Waals surface area contributed by atoms with Gasteiger partial charge in [-0.15, -0.1) is 0 Å². The summed E-state index contributed by atoms with van der Waals surface area (Å²) >= 11 is 0. The highest BCUT2D eigenvalue weighted by molar-refractivity contribution is 7.73. The van der Waals surface area contributed by atoms with Gasteiger partial charge >= 0.3 is 0 Å². The molecule has 0 unspecified atom stereocenters. The van der Waals surface area contributed by atoms with Crippen LogP contribution in [0.4, 0.5) is 0 Å². The third-order valence-corrected chi connectivity index (χ3v) is 3.48. The van der Waals surface area contributed by atoms with Crippen LogP contribution < -0.4 is 0 Å². The summed E-state index contributed by atoms with van der Waals surface area (Å²) in [7, 11) is -0.581. The minimum Gasteiger partial charge on any atom is -0.0622 e. The van der Waals surface area contributed by atoms with Crippen LogP contribution in [0, 0.1) is 0 Å². The van der Waals surface area contributed by atoms with Crippen molar-refractivity contribution in [1.82, 2.24) is 0 Å². The monoisotopic (exact) mass is 181 g/mol. The molecule has 12 heavy (non-hydrogen) atoms. The van der Waals surface area contributed by atoms with Crippen molar-refractivity contribution in [1.29, 1.82) is 0 Å². The first kappa shape index (κ1) is 9.74. The van der Waals surface area contributed by atoms with Crippen LogP contribution in [-0.2, 0) is 6.42 Å². The van der Waals surface area contributed by atoms with Gasteiger partial charge in [0.05, 0.1) is 6.16 Å². The van der Waals surface area contributed by atoms with Gasteiger partial charge in [-0.05, 0) is 5.56 Å². The Bertz CT molecular complexity index is 221. The summed E-state index contributed by atoms with van der Waals surface area (Å²) in [4.78, 5) is 0. The summed E-state index contributed by atoms with van der Waals surface area (Å²) in [5.41, 5.74) is 1.48. The molecule has 66 valence electrons. The second-order valence-electron chi connectivity index (χ2n) is 4.25. The highest BCUT2D eigenvalue weighted by Gasteiger charge is 2.15. The highest BCUT2D eigenvalue weighted by atomic mass is 31.2. The summed E-state index contributed by atoms with van der Waals surface area (Å²) in [5, 5.41) is 0. The normalized spacial score (nSPS) is 11.6. The minimum atomic E-state index is -0.581. The molecule has 0 atom stereocenters. The molecule has 0 saturated heterocycles. The molecular formula is C11H18P+. The maximum absolute atomic E-state index is 2.40. The zero-order valence-electron chi connectivity index (χ0n) is 8.25. The van der Waals surface area contributed by atoms with Crippen molar-refractivity contribution in [3.63, 3.8) is 0 Å². The van der Waals surface area contributed by atoms with E-state index in [1.54, 1.807) is 0 Å². The topological polar surface area (TPSA) is 0 Å². The van der Waals surface area contributed by atoms with Gasteiger partial charge in [-0.25, -0.2) is 0 Å². The lowest BCUT2D eigenvalue weighted by Gasteiger charge is -2.10. The van der Waals surface area contributed by atoms with Crippen LogP contribution in [0.3, 0.4) is 0 Å². The Morgan fingerprint density at radius 2 is 1.58 bits per heavy atom. The molecule has 0 aliphatic carbocycles. The molecule has 1 heteroatoms. The molecule has 0 radical (unpaired) electrons. The summed E-state index contributed by atoms with van der Waals surface area (Å²) in [6.07, 6.45) is 2.62. The molecule has 0 aromatic heterocycles. The van der Waals surface area contributed by atoms with Crippen LogP contribution >= 0.6 is 7.26 Å². The summed E-state index contributed by atoms with van der Waals surface area (Å²) in [6, 6.07) is 10.8. The number of rotatable bonds is 3. The molecule has 0 amide bonds. The maximum Gasteiger partial charge on any atom is 0.0626 e. The third-order valence-electron chi connectivity index (χ3n) is 1.91. The van der Waals surface area contributed by atoms with Gasteiger partial charge in [0.15, 0.2) is 0 Å². The van der Waals surface area contributed by atoms with Gasteiger partial charge in [-0.1, -0.05) is 30.3 Å². The van der Waals surface area contributed by atoms with Crippen molar-refractivity contribution in [2.45, 2.75) is 6.42 Å². The average molecular weight is 181 g/mol. The zero-order chi connectivity index (χ0) is 9.03. The third kappa shape index (κ3) is 3.88. The van der Waals surface area contributed by atoms with E-state index in [2.05, 4.69) is 50.3 Å². The van der Waals surface area contributed by atoms with E-state index in [1.165, 1.54) is 18.1 Å². The van der Waals surface area contributed by atoms with E-state index >= 15 is 0 Å². The largest absolute Gasteiger partial charge is 0.0626 e. The number of benzene rings is 1. The van der Waals surface area contributed by atoms with E-state index in [0.29, 0.717) is 0 Å². The van der Waals surface area contributed by atoms with Crippen LogP contribution in [0.25, 0.3) is 0 Å². The quantitative estimate of drug-likeness (QED) is 0.628. The molecule has 0 saturated carbocycles. The molecule has 0 aliphatic heterocycles. The Morgan fingerprint density at radius 3 is 2.08 bits per heavy atom. The average Bonchev–Trinajstić information content (AvgIpc) is 2.02. The van der Waals surface area contributed by atoms with Gasteiger partial charge in [-0.2, -0.15) is 0 Å². The lowest BCUT2D eigenvalue weighted by Crippen LogP contribution is -1.96. The molecule has 0 N–H and O–H groups in total. The van der Waals surface area contributed by atoms with Crippen molar-refractivity contribution in [2.24, 2.45) is 0 Å². The lowest BCUT2D eigenvalue weighted by atomic mass is 10.2. The second-order valence-corrected chi connectivity index (χ2v) is 9.28. The van der Waals surface area contributed by atoms with Crippen LogP contribution in [-0.4, -0.2) is 26.2 Å². The van der Waals surface area contributed by atoms with Crippen molar-refractivity contribution >= 4 is 7.26 Å². The second kappa shape index (κ2) is 4.05. The van der Waals surface area contributed by atoms with E-state index in [1.807, 2.05) is 0 Å². The van der Waals surface area contributed by atoms with Gasteiger partial charge in [0.25, 0.3) is 0 Å². The fourth-order valence-corrected chi connectivity index (χ4v) is 2.04. The first-order valence-corrected chi connectivity index (χ1v) is 7.74. The molecule has 0 bridgehead atoms. The number of aryl methyl sites for hydroxylation is 1. The van der Waals surface area contributed by atoms with Gasteiger partial charge in [0.2, 0.25) is 0 Å². The van der Waals surface area contributed by atoms with Gasteiger partial charge < -0.3 is 0 Å². The fraction of sp³-hybridized carbons (Fsp3) is 0.455. The van der Waals surface area contributed by atoms with Gasteiger partial charge in [0, 0.05) is 33.7 Å². The lowest BCUT2D eigenvalue weighted by molar-refractivity contribution is 1.14. The van der Waals surface area contributed by atoms with E-state index in [-0.39, 0.29) is 0 Å². The Kier molecular flexibility index (Phi) is 3.29. The molecule has 0 spiro atoms. The maximum atomic E-state index is 2.40. The molecule has 1 aromatic rings. The molecular weight excluding hydrogens is 163 g/mol. The van der Waals surface area contributed by atoms with Crippen LogP contribution in [0.5, 0.6) is 0 Å². The molecule has 0 aliphatic rings. The van der Waals surface area contributed by atoms with Gasteiger partial charge in [0.1, 0.15) is 0 Å². The predicted octanol–water partition coefficient (Wildman–Crippen LogP) is 3.14. The van der Waals surface area contributed by atoms with Crippen LogP contribution in [0.1, 0.15) is 5.56 Å². The predicted molar refractivity (Wildman–Crippen MR) is 59.7 cm³/mol. The van der Waals surface area contributed by atoms with Crippen LogP contribution in [0.2, 0.25) is 0 Å². The van der Waals surface area contributed by atoms with E-state index < -0.39 is 7.26 Å². The summed E-state index contributed by atoms with van der Waals surface area (Å²) < 4.78 is 0.